The van der Waals surface area contributed by atoms with Crippen LogP contribution in [0.15, 0.2) is 0 Å². The van der Waals surface area contributed by atoms with Crippen molar-refractivity contribution in [2.24, 2.45) is 11.7 Å². The number of carboxylic acid groups (broad SMARTS) is 1. The van der Waals surface area contributed by atoms with Crippen molar-refractivity contribution in [1.82, 2.24) is 0 Å². The van der Waals surface area contributed by atoms with Gasteiger partial charge in [-0.2, -0.15) is 0 Å². The molecule has 1 fully saturated rings. The Kier molecular flexibility index (Phi) is 3.05. The van der Waals surface area contributed by atoms with Gasteiger partial charge in [-0.05, 0) is 12.8 Å². The minimum atomic E-state index is -1.01. The second-order valence-electron chi connectivity index (χ2n) is 3.38. The van der Waals surface area contributed by atoms with Gasteiger partial charge in [-0.25, -0.2) is 0 Å². The van der Waals surface area contributed by atoms with Gasteiger partial charge in [0.2, 0.25) is 0 Å². The summed E-state index contributed by atoms with van der Waals surface area (Å²) >= 11 is 0. The van der Waals surface area contributed by atoms with Crippen LogP contribution in [0.4, 0.5) is 0 Å². The first-order valence-electron chi connectivity index (χ1n) is 4.29. The van der Waals surface area contributed by atoms with Crippen LogP contribution in [0.2, 0.25) is 0 Å². The molecule has 0 spiro atoms. The summed E-state index contributed by atoms with van der Waals surface area (Å²) in [5, 5.41) is 18.1. The highest BCUT2D eigenvalue weighted by molar-refractivity contribution is 5.73. The minimum Gasteiger partial charge on any atom is -0.480 e. The van der Waals surface area contributed by atoms with E-state index in [0.717, 1.165) is 19.3 Å². The van der Waals surface area contributed by atoms with E-state index in [1.54, 1.807) is 0 Å². The van der Waals surface area contributed by atoms with E-state index < -0.39 is 18.1 Å². The fraction of sp³-hybridized carbons (Fsp3) is 0.875. The maximum atomic E-state index is 10.5. The van der Waals surface area contributed by atoms with Crippen LogP contribution in [0.5, 0.6) is 0 Å². The summed E-state index contributed by atoms with van der Waals surface area (Å²) in [5.41, 5.74) is 5.42. The predicted molar refractivity (Wildman–Crippen MR) is 43.6 cm³/mol. The molecule has 0 saturated heterocycles. The third kappa shape index (κ3) is 1.95. The average molecular weight is 173 g/mol. The van der Waals surface area contributed by atoms with E-state index in [1.165, 1.54) is 0 Å². The Morgan fingerprint density at radius 2 is 2.00 bits per heavy atom. The molecule has 4 nitrogen and oxygen atoms in total. The molecule has 0 aromatic rings. The Bertz CT molecular complexity index is 172. The molecular formula is C8H15NO3. The van der Waals surface area contributed by atoms with Crippen molar-refractivity contribution < 1.29 is 15.0 Å². The molecule has 70 valence electrons. The lowest BCUT2D eigenvalue weighted by Crippen LogP contribution is -2.45. The maximum Gasteiger partial charge on any atom is 0.320 e. The second-order valence-corrected chi connectivity index (χ2v) is 3.38. The number of rotatable bonds is 2. The van der Waals surface area contributed by atoms with Crippen LogP contribution in [0.25, 0.3) is 0 Å². The van der Waals surface area contributed by atoms with Crippen LogP contribution < -0.4 is 5.73 Å². The first-order valence-corrected chi connectivity index (χ1v) is 4.29. The van der Waals surface area contributed by atoms with Crippen LogP contribution in [0, 0.1) is 5.92 Å². The third-order valence-electron chi connectivity index (χ3n) is 2.53. The zero-order chi connectivity index (χ0) is 9.14. The molecule has 4 N–H and O–H groups in total. The molecule has 0 bridgehead atoms. The summed E-state index contributed by atoms with van der Waals surface area (Å²) in [4.78, 5) is 10.5. The highest BCUT2D eigenvalue weighted by Crippen LogP contribution is 2.26. The first-order chi connectivity index (χ1) is 5.63. The smallest absolute Gasteiger partial charge is 0.320 e. The zero-order valence-corrected chi connectivity index (χ0v) is 6.94. The monoisotopic (exact) mass is 173 g/mol. The topological polar surface area (TPSA) is 83.6 Å². The van der Waals surface area contributed by atoms with Crippen LogP contribution in [0.3, 0.4) is 0 Å². The number of carbonyl (C=O) groups is 1. The number of aliphatic hydroxyl groups excluding tert-OH is 1. The summed E-state index contributed by atoms with van der Waals surface area (Å²) in [7, 11) is 0. The molecule has 0 aromatic heterocycles. The normalized spacial score (nSPS) is 32.8. The largest absolute Gasteiger partial charge is 0.480 e. The molecule has 1 unspecified atom stereocenters. The van der Waals surface area contributed by atoms with Crippen LogP contribution in [0.1, 0.15) is 25.7 Å². The van der Waals surface area contributed by atoms with Crippen molar-refractivity contribution in [2.45, 2.75) is 37.8 Å². The lowest BCUT2D eigenvalue weighted by Gasteiger charge is -2.29. The second kappa shape index (κ2) is 3.87. The average Bonchev–Trinajstić information content (AvgIpc) is 2.04. The van der Waals surface area contributed by atoms with Gasteiger partial charge < -0.3 is 15.9 Å². The van der Waals surface area contributed by atoms with Crippen molar-refractivity contribution in [2.75, 3.05) is 0 Å². The summed E-state index contributed by atoms with van der Waals surface area (Å²) in [6, 6.07) is -0.903. The number of hydrogen-bond donors (Lipinski definition) is 3. The number of nitrogens with two attached hydrogens (primary N) is 1. The molecule has 1 rings (SSSR count). The van der Waals surface area contributed by atoms with Gasteiger partial charge in [0.15, 0.2) is 0 Å². The molecule has 4 heteroatoms. The van der Waals surface area contributed by atoms with Gasteiger partial charge in [0.25, 0.3) is 0 Å². The van der Waals surface area contributed by atoms with Gasteiger partial charge >= 0.3 is 5.97 Å². The van der Waals surface area contributed by atoms with Crippen molar-refractivity contribution >= 4 is 5.97 Å². The van der Waals surface area contributed by atoms with Gasteiger partial charge in [-0.15, -0.1) is 0 Å². The van der Waals surface area contributed by atoms with Crippen molar-refractivity contribution in [3.8, 4) is 0 Å². The molecule has 0 aromatic carbocycles. The molecule has 1 aliphatic rings. The van der Waals surface area contributed by atoms with Crippen LogP contribution >= 0.6 is 0 Å². The fourth-order valence-corrected chi connectivity index (χ4v) is 1.74. The Labute approximate surface area is 71.4 Å². The summed E-state index contributed by atoms with van der Waals surface area (Å²) in [5.74, 6) is -1.27. The molecule has 0 heterocycles. The summed E-state index contributed by atoms with van der Waals surface area (Å²) < 4.78 is 0. The zero-order valence-electron chi connectivity index (χ0n) is 6.94. The molecule has 0 radical (unpaired) electrons. The quantitative estimate of drug-likeness (QED) is 0.546. The summed E-state index contributed by atoms with van der Waals surface area (Å²) in [6.45, 7) is 0. The third-order valence-corrected chi connectivity index (χ3v) is 2.53. The van der Waals surface area contributed by atoms with E-state index in [-0.39, 0.29) is 5.92 Å². The lowest BCUT2D eigenvalue weighted by atomic mass is 9.82. The summed E-state index contributed by atoms with van der Waals surface area (Å²) in [6.07, 6.45) is 2.84. The molecule has 1 saturated carbocycles. The number of carboxylic acids is 1. The molecular weight excluding hydrogens is 158 g/mol. The Balaban J connectivity index is 2.53. The van der Waals surface area contributed by atoms with Crippen molar-refractivity contribution in [3.63, 3.8) is 0 Å². The highest BCUT2D eigenvalue weighted by Gasteiger charge is 2.32. The number of aliphatic hydroxyl groups is 1. The highest BCUT2D eigenvalue weighted by atomic mass is 16.4. The van der Waals surface area contributed by atoms with E-state index in [4.69, 9.17) is 10.8 Å². The van der Waals surface area contributed by atoms with E-state index in [1.807, 2.05) is 0 Å². The van der Waals surface area contributed by atoms with Crippen LogP contribution in [-0.2, 0) is 4.79 Å². The Morgan fingerprint density at radius 1 is 1.42 bits per heavy atom. The fourth-order valence-electron chi connectivity index (χ4n) is 1.74. The molecule has 0 aliphatic heterocycles. The molecule has 12 heavy (non-hydrogen) atoms. The van der Waals surface area contributed by atoms with Gasteiger partial charge in [-0.1, -0.05) is 12.8 Å². The Morgan fingerprint density at radius 3 is 2.50 bits per heavy atom. The number of aliphatic carboxylic acids is 1. The van der Waals surface area contributed by atoms with Gasteiger partial charge in [0.05, 0.1) is 6.10 Å². The van der Waals surface area contributed by atoms with E-state index in [2.05, 4.69) is 0 Å². The van der Waals surface area contributed by atoms with E-state index >= 15 is 0 Å². The Hall–Kier alpha value is -0.610. The number of hydrogen-bond acceptors (Lipinski definition) is 3. The van der Waals surface area contributed by atoms with E-state index in [0.29, 0.717) is 6.42 Å². The predicted octanol–water partition coefficient (Wildman–Crippen LogP) is -0.0506. The first kappa shape index (κ1) is 9.48. The lowest BCUT2D eigenvalue weighted by molar-refractivity contribution is -0.141. The van der Waals surface area contributed by atoms with E-state index in [9.17, 15) is 9.90 Å². The van der Waals surface area contributed by atoms with Crippen LogP contribution in [-0.4, -0.2) is 28.3 Å². The van der Waals surface area contributed by atoms with Gasteiger partial charge in [0.1, 0.15) is 6.04 Å². The standard InChI is InChI=1S/C8H15NO3/c9-7(8(11)12)5-3-1-2-4-6(5)10/h5-7,10H,1-4,9H2,(H,11,12)/t5?,6-,7+/m1/s1. The van der Waals surface area contributed by atoms with Crippen molar-refractivity contribution in [3.05, 3.63) is 0 Å². The SMILES string of the molecule is N[C@H](C(=O)O)C1CCCC[C@H]1O. The molecule has 1 aliphatic carbocycles. The van der Waals surface area contributed by atoms with Gasteiger partial charge in [0, 0.05) is 5.92 Å². The van der Waals surface area contributed by atoms with Gasteiger partial charge in [-0.3, -0.25) is 4.79 Å². The minimum absolute atomic E-state index is 0.253. The molecule has 3 atom stereocenters. The van der Waals surface area contributed by atoms with Crippen molar-refractivity contribution in [1.29, 1.82) is 0 Å². The molecule has 0 amide bonds. The maximum absolute atomic E-state index is 10.5.